The smallest absolute Gasteiger partial charge is 0.0208 e. The number of fused-ring (bicyclic) bond motifs is 3. The van der Waals surface area contributed by atoms with Crippen LogP contribution in [0.4, 0.5) is 0 Å². The highest BCUT2D eigenvalue weighted by molar-refractivity contribution is 7.39. The van der Waals surface area contributed by atoms with E-state index < -0.39 is 0 Å². The van der Waals surface area contributed by atoms with Gasteiger partial charge in [-0.2, -0.15) is 0 Å². The zero-order valence-electron chi connectivity index (χ0n) is 10.8. The Bertz CT molecular complexity index is 232. The zero-order valence-corrected chi connectivity index (χ0v) is 11.8. The van der Waals surface area contributed by atoms with Crippen molar-refractivity contribution in [2.24, 2.45) is 23.7 Å². The van der Waals surface area contributed by atoms with Gasteiger partial charge in [0.1, 0.15) is 0 Å². The van der Waals surface area contributed by atoms with Gasteiger partial charge in [0.15, 0.2) is 0 Å². The topological polar surface area (TPSA) is 0 Å². The van der Waals surface area contributed by atoms with Gasteiger partial charge in [-0.3, -0.25) is 0 Å². The SMILES string of the molecule is CCC1PCCC2C3CCCCC3CCC12. The molecule has 0 amide bonds. The largest absolute Gasteiger partial charge is 0.119 e. The summed E-state index contributed by atoms with van der Waals surface area (Å²) in [6.07, 6.45) is 14.1. The highest BCUT2D eigenvalue weighted by Crippen LogP contribution is 2.54. The normalized spacial score (nSPS) is 49.7. The van der Waals surface area contributed by atoms with Crippen molar-refractivity contribution in [3.05, 3.63) is 0 Å². The lowest BCUT2D eigenvalue weighted by Gasteiger charge is -2.50. The molecule has 0 aromatic carbocycles. The molecule has 6 atom stereocenters. The monoisotopic (exact) mass is 238 g/mol. The molecule has 3 aliphatic rings. The van der Waals surface area contributed by atoms with E-state index in [1.165, 1.54) is 21.4 Å². The predicted octanol–water partition coefficient (Wildman–Crippen LogP) is 4.68. The summed E-state index contributed by atoms with van der Waals surface area (Å²) in [5, 5.41) is 0. The van der Waals surface area contributed by atoms with Gasteiger partial charge in [0.2, 0.25) is 0 Å². The molecule has 1 heterocycles. The Labute approximate surface area is 103 Å². The van der Waals surface area contributed by atoms with E-state index in [4.69, 9.17) is 0 Å². The highest BCUT2D eigenvalue weighted by Gasteiger charge is 2.43. The molecule has 0 radical (unpaired) electrons. The van der Waals surface area contributed by atoms with E-state index in [0.717, 1.165) is 29.3 Å². The molecule has 2 saturated carbocycles. The maximum absolute atomic E-state index is 2.44. The van der Waals surface area contributed by atoms with Gasteiger partial charge < -0.3 is 0 Å². The first-order valence-corrected chi connectivity index (χ1v) is 8.92. The first-order chi connectivity index (χ1) is 7.90. The average Bonchev–Trinajstić information content (AvgIpc) is 2.37. The zero-order chi connectivity index (χ0) is 11.0. The standard InChI is InChI=1S/C15H27P/c1-2-15-14-8-7-11-5-3-4-6-12(11)13(14)9-10-16-15/h11-16H,2-10H2,1H3. The molecular formula is C15H27P. The van der Waals surface area contributed by atoms with E-state index in [1.807, 2.05) is 0 Å². The van der Waals surface area contributed by atoms with E-state index in [0.29, 0.717) is 0 Å². The van der Waals surface area contributed by atoms with Crippen LogP contribution in [0.5, 0.6) is 0 Å². The second-order valence-corrected chi connectivity index (χ2v) is 8.02. The molecule has 0 spiro atoms. The Hall–Kier alpha value is 0.430. The third-order valence-corrected chi connectivity index (χ3v) is 7.72. The van der Waals surface area contributed by atoms with Crippen molar-refractivity contribution >= 4 is 8.58 Å². The van der Waals surface area contributed by atoms with Crippen molar-refractivity contribution in [2.45, 2.75) is 63.9 Å². The molecule has 16 heavy (non-hydrogen) atoms. The minimum atomic E-state index is 1.13. The molecule has 0 nitrogen and oxygen atoms in total. The minimum Gasteiger partial charge on any atom is -0.119 e. The quantitative estimate of drug-likeness (QED) is 0.582. The summed E-state index contributed by atoms with van der Waals surface area (Å²) in [4.78, 5) is 0. The third kappa shape index (κ3) is 1.96. The van der Waals surface area contributed by atoms with Crippen LogP contribution < -0.4 is 0 Å². The van der Waals surface area contributed by atoms with Crippen LogP contribution in [0.15, 0.2) is 0 Å². The summed E-state index contributed by atoms with van der Waals surface area (Å²) in [5.74, 6) is 4.61. The molecule has 0 bridgehead atoms. The van der Waals surface area contributed by atoms with Crippen molar-refractivity contribution in [3.63, 3.8) is 0 Å². The summed E-state index contributed by atoms with van der Waals surface area (Å²) in [6, 6.07) is 0. The van der Waals surface area contributed by atoms with E-state index in [-0.39, 0.29) is 0 Å². The molecule has 1 heteroatoms. The van der Waals surface area contributed by atoms with Crippen molar-refractivity contribution in [2.75, 3.05) is 6.16 Å². The molecule has 2 aliphatic carbocycles. The molecule has 0 N–H and O–H groups in total. The van der Waals surface area contributed by atoms with Gasteiger partial charge in [0.05, 0.1) is 0 Å². The van der Waals surface area contributed by atoms with Crippen LogP contribution in [0, 0.1) is 23.7 Å². The van der Waals surface area contributed by atoms with Crippen LogP contribution in [0.1, 0.15) is 58.3 Å². The highest BCUT2D eigenvalue weighted by atomic mass is 31.1. The first kappa shape index (κ1) is 11.5. The fourth-order valence-electron chi connectivity index (χ4n) is 5.06. The van der Waals surface area contributed by atoms with Gasteiger partial charge in [0, 0.05) is 0 Å². The van der Waals surface area contributed by atoms with E-state index >= 15 is 0 Å². The molecule has 1 saturated heterocycles. The maximum atomic E-state index is 2.44. The number of rotatable bonds is 1. The fraction of sp³-hybridized carbons (Fsp3) is 1.00. The third-order valence-electron chi connectivity index (χ3n) is 5.78. The van der Waals surface area contributed by atoms with E-state index in [9.17, 15) is 0 Å². The molecule has 0 aromatic rings. The van der Waals surface area contributed by atoms with Crippen LogP contribution in [0.3, 0.4) is 0 Å². The Morgan fingerprint density at radius 2 is 1.75 bits per heavy atom. The Kier molecular flexibility index (Phi) is 3.58. The summed E-state index contributed by atoms with van der Waals surface area (Å²) in [7, 11) is 1.30. The lowest BCUT2D eigenvalue weighted by molar-refractivity contribution is 0.0466. The van der Waals surface area contributed by atoms with Crippen molar-refractivity contribution in [1.29, 1.82) is 0 Å². The van der Waals surface area contributed by atoms with E-state index in [1.54, 1.807) is 44.7 Å². The molecule has 0 aromatic heterocycles. The molecule has 92 valence electrons. The average molecular weight is 238 g/mol. The number of hydrogen-bond acceptors (Lipinski definition) is 0. The molecular weight excluding hydrogens is 211 g/mol. The van der Waals surface area contributed by atoms with Gasteiger partial charge in [-0.05, 0) is 67.6 Å². The van der Waals surface area contributed by atoms with Crippen LogP contribution in [-0.4, -0.2) is 11.8 Å². The van der Waals surface area contributed by atoms with Crippen LogP contribution in [0.25, 0.3) is 0 Å². The van der Waals surface area contributed by atoms with Gasteiger partial charge in [0.25, 0.3) is 0 Å². The van der Waals surface area contributed by atoms with Crippen LogP contribution in [-0.2, 0) is 0 Å². The predicted molar refractivity (Wildman–Crippen MR) is 73.5 cm³/mol. The molecule has 3 rings (SSSR count). The van der Waals surface area contributed by atoms with Gasteiger partial charge >= 0.3 is 0 Å². The second kappa shape index (κ2) is 4.97. The maximum Gasteiger partial charge on any atom is -0.0208 e. The fourth-order valence-corrected chi connectivity index (χ4v) is 6.93. The van der Waals surface area contributed by atoms with Crippen molar-refractivity contribution in [1.82, 2.24) is 0 Å². The molecule has 1 aliphatic heterocycles. The summed E-state index contributed by atoms with van der Waals surface area (Å²) in [5.41, 5.74) is 1.13. The van der Waals surface area contributed by atoms with E-state index in [2.05, 4.69) is 6.92 Å². The number of hydrogen-bond donors (Lipinski definition) is 0. The second-order valence-electron chi connectivity index (χ2n) is 6.37. The van der Waals surface area contributed by atoms with Gasteiger partial charge in [-0.25, -0.2) is 0 Å². The summed E-state index contributed by atoms with van der Waals surface area (Å²) in [6.45, 7) is 2.44. The Morgan fingerprint density at radius 3 is 2.62 bits per heavy atom. The van der Waals surface area contributed by atoms with Gasteiger partial charge in [-0.15, -0.1) is 8.58 Å². The van der Waals surface area contributed by atoms with Crippen molar-refractivity contribution in [3.8, 4) is 0 Å². The lowest BCUT2D eigenvalue weighted by Crippen LogP contribution is -2.42. The molecule has 6 unspecified atom stereocenters. The van der Waals surface area contributed by atoms with Crippen LogP contribution in [0.2, 0.25) is 0 Å². The van der Waals surface area contributed by atoms with Crippen molar-refractivity contribution < 1.29 is 0 Å². The summed E-state index contributed by atoms with van der Waals surface area (Å²) < 4.78 is 0. The minimum absolute atomic E-state index is 1.13. The molecule has 3 fully saturated rings. The lowest BCUT2D eigenvalue weighted by atomic mass is 9.60. The first-order valence-electron chi connectivity index (χ1n) is 7.63. The Balaban J connectivity index is 1.75. The van der Waals surface area contributed by atoms with Crippen LogP contribution >= 0.6 is 8.58 Å². The van der Waals surface area contributed by atoms with Gasteiger partial charge in [-0.1, -0.05) is 26.2 Å². The summed E-state index contributed by atoms with van der Waals surface area (Å²) >= 11 is 0. The Morgan fingerprint density at radius 1 is 0.875 bits per heavy atom.